The number of benzene rings is 5. The minimum atomic E-state index is -1.30. The maximum atomic E-state index is 13.3. The summed E-state index contributed by atoms with van der Waals surface area (Å²) in [5, 5.41) is -0.745. The lowest BCUT2D eigenvalue weighted by Gasteiger charge is -2.37. The quantitative estimate of drug-likeness (QED) is 0.0285. The predicted octanol–water partition coefficient (Wildman–Crippen LogP) is 10.4. The van der Waals surface area contributed by atoms with Crippen LogP contribution in [0.3, 0.4) is 0 Å². The number of rotatable bonds is 18. The largest absolute Gasteiger partial charge is 0.516 e. The van der Waals surface area contributed by atoms with Crippen molar-refractivity contribution in [3.63, 3.8) is 0 Å². The number of carbonyl (C=O) groups excluding carboxylic acids is 2. The van der Waals surface area contributed by atoms with Gasteiger partial charge in [0.1, 0.15) is 36.0 Å². The second-order valence-corrected chi connectivity index (χ2v) is 21.7. The third-order valence-corrected chi connectivity index (χ3v) is 17.9. The summed E-state index contributed by atoms with van der Waals surface area (Å²) in [6.45, 7) is 3.39. The van der Waals surface area contributed by atoms with E-state index >= 15 is 0 Å². The Hall–Kier alpha value is -5.71. The topological polar surface area (TPSA) is 157 Å². The number of ether oxygens (including phenoxy) is 6. The highest BCUT2D eigenvalue weighted by atomic mass is 32.7. The van der Waals surface area contributed by atoms with Gasteiger partial charge >= 0.3 is 17.1 Å². The summed E-state index contributed by atoms with van der Waals surface area (Å²) < 4.78 is 46.7. The summed E-state index contributed by atoms with van der Waals surface area (Å²) in [7, 11) is 1.95. The van der Waals surface area contributed by atoms with Gasteiger partial charge in [0.25, 0.3) is 5.56 Å². The van der Waals surface area contributed by atoms with E-state index in [4.69, 9.17) is 32.9 Å². The smallest absolute Gasteiger partial charge is 0.497 e. The Balaban J connectivity index is 0.912. The molecular weight excluding hydrogens is 950 g/mol. The number of hydrogen-bond acceptors (Lipinski definition) is 14. The monoisotopic (exact) mass is 1000 g/mol. The van der Waals surface area contributed by atoms with Crippen LogP contribution in [0.4, 0.5) is 9.59 Å². The van der Waals surface area contributed by atoms with Crippen molar-refractivity contribution in [2.24, 2.45) is 0 Å². The van der Waals surface area contributed by atoms with Gasteiger partial charge in [0.15, 0.2) is 7.50 Å². The highest BCUT2D eigenvalue weighted by Crippen LogP contribution is 2.58. The molecule has 0 radical (unpaired) electrons. The van der Waals surface area contributed by atoms with Crippen LogP contribution in [0.5, 0.6) is 11.5 Å². The van der Waals surface area contributed by atoms with Crippen molar-refractivity contribution < 1.29 is 42.5 Å². The maximum Gasteiger partial charge on any atom is 0.516 e. The van der Waals surface area contributed by atoms with Crippen LogP contribution in [0.1, 0.15) is 64.8 Å². The van der Waals surface area contributed by atoms with Gasteiger partial charge in [-0.25, -0.2) is 14.4 Å². The van der Waals surface area contributed by atoms with E-state index in [1.807, 2.05) is 115 Å². The Bertz CT molecular complexity index is 2780. The highest BCUT2D eigenvalue weighted by Gasteiger charge is 2.45. The van der Waals surface area contributed by atoms with Crippen LogP contribution in [-0.2, 0) is 29.1 Å². The van der Waals surface area contributed by atoms with Gasteiger partial charge in [-0.15, -0.1) is 0 Å². The number of methoxy groups -OCH3 is 2. The van der Waals surface area contributed by atoms with Crippen molar-refractivity contribution >= 4 is 42.1 Å². The second-order valence-electron chi connectivity index (χ2n) is 17.0. The number of carbonyl (C=O) groups is 2. The number of nitrogens with zero attached hydrogens (tertiary/aromatic N) is 2. The fraction of sp³-hybridized carbons (Fsp3) is 0.321. The summed E-state index contributed by atoms with van der Waals surface area (Å²) in [5.74, 6) is 2.08. The van der Waals surface area contributed by atoms with E-state index < -0.39 is 54.2 Å². The highest BCUT2D eigenvalue weighted by molar-refractivity contribution is 8.53. The number of aryl methyl sites for hydroxylation is 1. The van der Waals surface area contributed by atoms with E-state index in [0.29, 0.717) is 28.6 Å². The molecule has 6 aromatic rings. The van der Waals surface area contributed by atoms with Gasteiger partial charge < -0.3 is 32.9 Å². The maximum absolute atomic E-state index is 13.3. The molecule has 1 unspecified atom stereocenters. The van der Waals surface area contributed by atoms with Gasteiger partial charge in [0, 0.05) is 48.7 Å². The van der Waals surface area contributed by atoms with Crippen LogP contribution >= 0.6 is 30.6 Å². The predicted molar refractivity (Wildman–Crippen MR) is 272 cm³/mol. The zero-order chi connectivity index (χ0) is 48.6. The molecule has 70 heavy (non-hydrogen) atoms. The van der Waals surface area contributed by atoms with E-state index in [0.717, 1.165) is 76.6 Å². The van der Waals surface area contributed by atoms with Crippen molar-refractivity contribution in [1.29, 1.82) is 0 Å². The number of fused-ring (bicyclic) bond motifs is 3. The number of thioether (sulfide) groups is 1. The first-order chi connectivity index (χ1) is 34.1. The van der Waals surface area contributed by atoms with Gasteiger partial charge in [-0.05, 0) is 94.7 Å². The van der Waals surface area contributed by atoms with Crippen molar-refractivity contribution in [2.75, 3.05) is 52.0 Å². The van der Waals surface area contributed by atoms with Crippen molar-refractivity contribution in [3.8, 4) is 22.6 Å². The first-order valence-electron chi connectivity index (χ1n) is 23.2. The van der Waals surface area contributed by atoms with E-state index in [-0.39, 0.29) is 25.6 Å². The summed E-state index contributed by atoms with van der Waals surface area (Å²) in [6.07, 6.45) is 0.770. The molecule has 1 aliphatic carbocycles. The lowest BCUT2D eigenvalue weighted by molar-refractivity contribution is -0.0910. The molecule has 0 spiro atoms. The molecule has 2 fully saturated rings. The molecule has 2 aliphatic heterocycles. The standard InChI is InChI=1S/C53H54N3O11PS2/c1-35-32-56(50(58)54-49(35)57)48-31-46(47(65-48)34-64-53(36-13-5-4-6-14-36,37-19-23-39(61-2)24-20-37)38-21-25-40(62-3)26-22-38)67-68(55-27-11-12-28-55)70-30-29-69-52(60)66-51(59)63-33-45-43-17-9-7-15-41(43)42-16-8-10-18-44(42)45/h4-10,13-26,32,45-48H,11-12,27-31,33-34H2,1-3H3,(H,54,57,58)/t46-,47+,48+,68?/m0/s1. The average Bonchev–Trinajstić information content (AvgIpc) is 4.15. The number of nitrogens with one attached hydrogen (secondary N) is 1. The minimum Gasteiger partial charge on any atom is -0.497 e. The Morgan fingerprint density at radius 2 is 1.34 bits per heavy atom. The molecule has 364 valence electrons. The molecule has 3 aliphatic rings. The van der Waals surface area contributed by atoms with Crippen LogP contribution in [0.25, 0.3) is 11.1 Å². The lowest BCUT2D eigenvalue weighted by Crippen LogP contribution is -2.38. The van der Waals surface area contributed by atoms with Gasteiger partial charge in [0.2, 0.25) is 0 Å². The van der Waals surface area contributed by atoms with Crippen molar-refractivity contribution in [2.45, 2.75) is 56.1 Å². The number of H-pyrrole nitrogens is 1. The third kappa shape index (κ3) is 10.8. The molecule has 1 N–H and O–H groups in total. The van der Waals surface area contributed by atoms with Crippen LogP contribution in [0.2, 0.25) is 0 Å². The van der Waals surface area contributed by atoms with E-state index in [1.54, 1.807) is 32.5 Å². The summed E-state index contributed by atoms with van der Waals surface area (Å²) in [6, 6.07) is 41.6. The molecule has 0 saturated carbocycles. The third-order valence-electron chi connectivity index (χ3n) is 12.8. The van der Waals surface area contributed by atoms with E-state index in [2.05, 4.69) is 21.8 Å². The SMILES string of the molecule is COc1ccc(C(OC[C@H]2O[C@@H](n3cc(C)c(=O)[nH]c3=O)C[C@@H]2OP(SCCSC(=O)OC(=O)OCC2c3ccccc3-c3ccccc32)N2CCCC2)(c2ccccc2)c2ccc(OC)cc2)cc1. The molecule has 3 heterocycles. The summed E-state index contributed by atoms with van der Waals surface area (Å²) in [5.41, 5.74) is 5.04. The fourth-order valence-electron chi connectivity index (χ4n) is 9.33. The van der Waals surface area contributed by atoms with Crippen LogP contribution in [0, 0.1) is 6.92 Å². The number of aromatic amines is 1. The lowest BCUT2D eigenvalue weighted by atomic mass is 9.80. The fourth-order valence-corrected chi connectivity index (χ4v) is 14.5. The molecule has 0 amide bonds. The molecule has 2 saturated heterocycles. The number of aromatic nitrogens is 2. The minimum absolute atomic E-state index is 0.0383. The summed E-state index contributed by atoms with van der Waals surface area (Å²) in [4.78, 5) is 54.0. The number of hydrogen-bond donors (Lipinski definition) is 1. The van der Waals surface area contributed by atoms with Gasteiger partial charge in [0.05, 0.1) is 26.9 Å². The molecule has 9 rings (SSSR count). The average molecular weight is 1000 g/mol. The Labute approximate surface area is 415 Å². The first-order valence-corrected chi connectivity index (χ1v) is 26.9. The first kappa shape index (κ1) is 49.3. The van der Waals surface area contributed by atoms with Crippen LogP contribution in [-0.4, -0.2) is 89.9 Å². The van der Waals surface area contributed by atoms with E-state index in [1.165, 1.54) is 10.8 Å². The molecule has 0 bridgehead atoms. The zero-order valence-electron chi connectivity index (χ0n) is 39.0. The van der Waals surface area contributed by atoms with Crippen molar-refractivity contribution in [1.82, 2.24) is 14.2 Å². The Kier molecular flexibility index (Phi) is 15.9. The van der Waals surface area contributed by atoms with Crippen LogP contribution < -0.4 is 20.7 Å². The normalized spacial score (nSPS) is 18.2. The Morgan fingerprint density at radius 3 is 1.96 bits per heavy atom. The van der Waals surface area contributed by atoms with Crippen LogP contribution in [0.15, 0.2) is 143 Å². The summed E-state index contributed by atoms with van der Waals surface area (Å²) >= 11 is 2.50. The van der Waals surface area contributed by atoms with E-state index in [9.17, 15) is 19.2 Å². The molecule has 14 nitrogen and oxygen atoms in total. The molecular formula is C53H54N3O11PS2. The molecule has 4 atom stereocenters. The molecule has 17 heteroatoms. The van der Waals surface area contributed by atoms with Gasteiger partial charge in [-0.2, -0.15) is 0 Å². The zero-order valence-corrected chi connectivity index (χ0v) is 41.6. The molecule has 5 aromatic carbocycles. The Morgan fingerprint density at radius 1 is 0.757 bits per heavy atom. The van der Waals surface area contributed by atoms with Gasteiger partial charge in [-0.1, -0.05) is 115 Å². The van der Waals surface area contributed by atoms with Gasteiger partial charge in [-0.3, -0.25) is 19.0 Å². The second kappa shape index (κ2) is 22.6. The van der Waals surface area contributed by atoms with Crippen molar-refractivity contribution in [3.05, 3.63) is 188 Å². The molecule has 1 aromatic heterocycles.